The zero-order valence-corrected chi connectivity index (χ0v) is 15.9. The molecule has 2 aromatic heterocycles. The molecule has 0 bridgehead atoms. The Morgan fingerprint density at radius 1 is 1.23 bits per heavy atom. The summed E-state index contributed by atoms with van der Waals surface area (Å²) in [7, 11) is 0. The van der Waals surface area contributed by atoms with Gasteiger partial charge in [-0.05, 0) is 38.4 Å². The first kappa shape index (κ1) is 17.2. The SMILES string of the molecule is CCNc1nc(C2(c3ccccc3)CCN(Cc3ncc[nH]3)CC2)cs1. The van der Waals surface area contributed by atoms with Crippen molar-refractivity contribution in [1.29, 1.82) is 0 Å². The average molecular weight is 368 g/mol. The Morgan fingerprint density at radius 3 is 2.73 bits per heavy atom. The number of aromatic nitrogens is 3. The van der Waals surface area contributed by atoms with Crippen molar-refractivity contribution in [2.24, 2.45) is 0 Å². The van der Waals surface area contributed by atoms with Crippen LogP contribution in [-0.2, 0) is 12.0 Å². The Bertz CT molecular complexity index is 804. The van der Waals surface area contributed by atoms with Crippen LogP contribution in [0.1, 0.15) is 36.8 Å². The number of nitrogens with zero attached hydrogens (tertiary/aromatic N) is 3. The van der Waals surface area contributed by atoms with Crippen molar-refractivity contribution in [3.63, 3.8) is 0 Å². The van der Waals surface area contributed by atoms with Crippen LogP contribution in [0.5, 0.6) is 0 Å². The van der Waals surface area contributed by atoms with E-state index < -0.39 is 0 Å². The van der Waals surface area contributed by atoms with Gasteiger partial charge in [-0.2, -0.15) is 0 Å². The normalized spacial score (nSPS) is 17.3. The maximum Gasteiger partial charge on any atom is 0.182 e. The van der Waals surface area contributed by atoms with Gasteiger partial charge in [-0.15, -0.1) is 11.3 Å². The molecule has 0 unspecified atom stereocenters. The Morgan fingerprint density at radius 2 is 2.04 bits per heavy atom. The summed E-state index contributed by atoms with van der Waals surface area (Å²) in [4.78, 5) is 15.0. The van der Waals surface area contributed by atoms with Gasteiger partial charge in [0.25, 0.3) is 0 Å². The third kappa shape index (κ3) is 3.39. The number of aromatic amines is 1. The number of benzene rings is 1. The lowest BCUT2D eigenvalue weighted by Gasteiger charge is -2.41. The second-order valence-corrected chi connectivity index (χ2v) is 7.69. The van der Waals surface area contributed by atoms with E-state index in [0.29, 0.717) is 0 Å². The molecule has 0 atom stereocenters. The molecule has 26 heavy (non-hydrogen) atoms. The summed E-state index contributed by atoms with van der Waals surface area (Å²) in [6.07, 6.45) is 5.87. The summed E-state index contributed by atoms with van der Waals surface area (Å²) in [6, 6.07) is 10.9. The lowest BCUT2D eigenvalue weighted by Crippen LogP contribution is -2.43. The van der Waals surface area contributed by atoms with Gasteiger partial charge >= 0.3 is 0 Å². The molecule has 1 aromatic carbocycles. The number of likely N-dealkylation sites (tertiary alicyclic amines) is 1. The fraction of sp³-hybridized carbons (Fsp3) is 0.400. The molecule has 0 aliphatic carbocycles. The van der Waals surface area contributed by atoms with Gasteiger partial charge in [0.1, 0.15) is 5.82 Å². The van der Waals surface area contributed by atoms with Crippen LogP contribution in [0.3, 0.4) is 0 Å². The molecule has 1 fully saturated rings. The first-order valence-corrected chi connectivity index (χ1v) is 10.1. The quantitative estimate of drug-likeness (QED) is 0.694. The molecule has 4 rings (SSSR count). The average Bonchev–Trinajstić information content (AvgIpc) is 3.36. The summed E-state index contributed by atoms with van der Waals surface area (Å²) in [6.45, 7) is 5.99. The molecule has 1 saturated heterocycles. The molecular weight excluding hydrogens is 342 g/mol. The van der Waals surface area contributed by atoms with Crippen LogP contribution in [0.15, 0.2) is 48.1 Å². The smallest absolute Gasteiger partial charge is 0.182 e. The number of piperidine rings is 1. The molecule has 6 heteroatoms. The number of thiazole rings is 1. The van der Waals surface area contributed by atoms with Gasteiger partial charge < -0.3 is 10.3 Å². The lowest BCUT2D eigenvalue weighted by molar-refractivity contribution is 0.167. The van der Waals surface area contributed by atoms with Crippen LogP contribution in [0.25, 0.3) is 0 Å². The van der Waals surface area contributed by atoms with E-state index in [1.165, 1.54) is 11.3 Å². The van der Waals surface area contributed by atoms with E-state index in [9.17, 15) is 0 Å². The third-order valence-electron chi connectivity index (χ3n) is 5.29. The van der Waals surface area contributed by atoms with E-state index in [2.05, 4.69) is 62.8 Å². The standard InChI is InChI=1S/C20H25N5S/c1-2-21-19-24-17(15-26-19)20(16-6-4-3-5-7-16)8-12-25(13-9-20)14-18-22-10-11-23-18/h3-7,10-11,15H,2,8-9,12-14H2,1H3,(H,21,24)(H,22,23). The fourth-order valence-electron chi connectivity index (χ4n) is 3.86. The van der Waals surface area contributed by atoms with E-state index in [-0.39, 0.29) is 5.41 Å². The highest BCUT2D eigenvalue weighted by atomic mass is 32.1. The monoisotopic (exact) mass is 367 g/mol. The molecule has 0 radical (unpaired) electrons. The van der Waals surface area contributed by atoms with Crippen LogP contribution < -0.4 is 5.32 Å². The molecular formula is C20H25N5S. The van der Waals surface area contributed by atoms with E-state index in [1.807, 2.05) is 12.4 Å². The van der Waals surface area contributed by atoms with Crippen molar-refractivity contribution in [2.45, 2.75) is 31.7 Å². The fourth-order valence-corrected chi connectivity index (χ4v) is 4.75. The number of anilines is 1. The molecule has 0 saturated carbocycles. The van der Waals surface area contributed by atoms with Crippen LogP contribution in [-0.4, -0.2) is 39.5 Å². The van der Waals surface area contributed by atoms with Gasteiger partial charge in [-0.1, -0.05) is 30.3 Å². The second-order valence-electron chi connectivity index (χ2n) is 6.83. The van der Waals surface area contributed by atoms with Gasteiger partial charge in [0.15, 0.2) is 5.13 Å². The van der Waals surface area contributed by atoms with Crippen LogP contribution in [0.4, 0.5) is 5.13 Å². The van der Waals surface area contributed by atoms with Gasteiger partial charge in [0.2, 0.25) is 0 Å². The highest BCUT2D eigenvalue weighted by Gasteiger charge is 2.39. The van der Waals surface area contributed by atoms with Crippen LogP contribution in [0, 0.1) is 0 Å². The second kappa shape index (κ2) is 7.60. The van der Waals surface area contributed by atoms with Crippen molar-refractivity contribution < 1.29 is 0 Å². The van der Waals surface area contributed by atoms with Gasteiger partial charge in [-0.25, -0.2) is 9.97 Å². The molecule has 5 nitrogen and oxygen atoms in total. The summed E-state index contributed by atoms with van der Waals surface area (Å²) in [5.74, 6) is 1.04. The van der Waals surface area contributed by atoms with E-state index >= 15 is 0 Å². The largest absolute Gasteiger partial charge is 0.362 e. The number of hydrogen-bond donors (Lipinski definition) is 2. The van der Waals surface area contributed by atoms with Gasteiger partial charge in [0.05, 0.1) is 12.2 Å². The lowest BCUT2D eigenvalue weighted by atomic mass is 9.70. The summed E-state index contributed by atoms with van der Waals surface area (Å²) >= 11 is 1.71. The van der Waals surface area contributed by atoms with Crippen LogP contribution >= 0.6 is 11.3 Å². The number of rotatable bonds is 6. The predicted octanol–water partition coefficient (Wildman–Crippen LogP) is 3.88. The minimum Gasteiger partial charge on any atom is -0.362 e. The zero-order valence-electron chi connectivity index (χ0n) is 15.1. The minimum absolute atomic E-state index is 0.00506. The van der Waals surface area contributed by atoms with Crippen LogP contribution in [0.2, 0.25) is 0 Å². The number of nitrogens with one attached hydrogen (secondary N) is 2. The Balaban J connectivity index is 1.58. The van der Waals surface area contributed by atoms with Crippen molar-refractivity contribution in [3.8, 4) is 0 Å². The molecule has 3 aromatic rings. The van der Waals surface area contributed by atoms with E-state index in [4.69, 9.17) is 4.98 Å². The number of H-pyrrole nitrogens is 1. The van der Waals surface area contributed by atoms with Crippen molar-refractivity contribution in [2.75, 3.05) is 25.0 Å². The van der Waals surface area contributed by atoms with Crippen molar-refractivity contribution in [1.82, 2.24) is 19.9 Å². The Hall–Kier alpha value is -2.18. The highest BCUT2D eigenvalue weighted by molar-refractivity contribution is 7.13. The van der Waals surface area contributed by atoms with Crippen molar-refractivity contribution in [3.05, 3.63) is 65.2 Å². The first-order chi connectivity index (χ1) is 12.8. The number of hydrogen-bond acceptors (Lipinski definition) is 5. The summed E-state index contributed by atoms with van der Waals surface area (Å²) in [5.41, 5.74) is 2.60. The van der Waals surface area contributed by atoms with Gasteiger partial charge in [-0.3, -0.25) is 4.90 Å². The minimum atomic E-state index is 0.00506. The van der Waals surface area contributed by atoms with E-state index in [0.717, 1.165) is 50.0 Å². The Labute approximate surface area is 158 Å². The van der Waals surface area contributed by atoms with Gasteiger partial charge in [0, 0.05) is 29.7 Å². The maximum absolute atomic E-state index is 4.94. The van der Waals surface area contributed by atoms with Crippen molar-refractivity contribution >= 4 is 16.5 Å². The Kier molecular flexibility index (Phi) is 5.04. The molecule has 1 aliphatic heterocycles. The zero-order chi connectivity index (χ0) is 17.8. The third-order valence-corrected chi connectivity index (χ3v) is 6.09. The predicted molar refractivity (Wildman–Crippen MR) is 107 cm³/mol. The molecule has 136 valence electrons. The first-order valence-electron chi connectivity index (χ1n) is 9.26. The summed E-state index contributed by atoms with van der Waals surface area (Å²) < 4.78 is 0. The maximum atomic E-state index is 4.94. The topological polar surface area (TPSA) is 56.8 Å². The molecule has 1 aliphatic rings. The molecule has 0 amide bonds. The number of imidazole rings is 1. The van der Waals surface area contributed by atoms with E-state index in [1.54, 1.807) is 11.3 Å². The molecule has 3 heterocycles. The highest BCUT2D eigenvalue weighted by Crippen LogP contribution is 2.42. The molecule has 0 spiro atoms. The molecule has 2 N–H and O–H groups in total. The summed E-state index contributed by atoms with van der Waals surface area (Å²) in [5, 5.41) is 6.63.